The third-order valence-electron chi connectivity index (χ3n) is 11.9. The third kappa shape index (κ3) is 15.0. The number of hydrogen-bond acceptors (Lipinski definition) is 12. The molecule has 2 aromatic carbocycles. The Labute approximate surface area is 383 Å². The Kier molecular flexibility index (Phi) is 19.2. The van der Waals surface area contributed by atoms with Crippen LogP contribution in [-0.4, -0.2) is 153 Å². The number of amides is 2. The number of pyridine rings is 1. The molecular formula is C48H61F3N6O9. The van der Waals surface area contributed by atoms with Crippen LogP contribution in [-0.2, 0) is 36.5 Å². The zero-order valence-corrected chi connectivity index (χ0v) is 37.6. The van der Waals surface area contributed by atoms with Gasteiger partial charge in [-0.25, -0.2) is 4.98 Å². The van der Waals surface area contributed by atoms with E-state index in [-0.39, 0.29) is 23.4 Å². The van der Waals surface area contributed by atoms with E-state index in [0.29, 0.717) is 120 Å². The summed E-state index contributed by atoms with van der Waals surface area (Å²) in [5.74, 6) is 7.16. The quantitative estimate of drug-likeness (QED) is 0.0530. The molecule has 4 aromatic rings. The Morgan fingerprint density at radius 1 is 0.848 bits per heavy atom. The number of nitrogens with zero attached hydrogens (tertiary/aromatic N) is 4. The Morgan fingerprint density at radius 2 is 1.50 bits per heavy atom. The minimum atomic E-state index is -4.57. The fourth-order valence-electron chi connectivity index (χ4n) is 8.08. The van der Waals surface area contributed by atoms with E-state index in [1.54, 1.807) is 42.7 Å². The molecule has 0 spiro atoms. The molecule has 358 valence electrons. The number of rotatable bonds is 21. The van der Waals surface area contributed by atoms with Crippen molar-refractivity contribution in [1.29, 1.82) is 0 Å². The van der Waals surface area contributed by atoms with E-state index in [1.165, 1.54) is 12.1 Å². The summed E-state index contributed by atoms with van der Waals surface area (Å²) < 4.78 is 71.7. The van der Waals surface area contributed by atoms with Crippen LogP contribution in [0.4, 0.5) is 18.9 Å². The maximum atomic E-state index is 14.1. The van der Waals surface area contributed by atoms with E-state index in [0.717, 1.165) is 44.0 Å². The molecule has 66 heavy (non-hydrogen) atoms. The lowest BCUT2D eigenvalue weighted by molar-refractivity contribution is -0.138. The zero-order valence-electron chi connectivity index (χ0n) is 37.6. The number of alkyl halides is 3. The number of fused-ring (bicyclic) bond motifs is 3. The molecule has 3 heterocycles. The fourth-order valence-corrected chi connectivity index (χ4v) is 8.08. The average molecular weight is 923 g/mol. The van der Waals surface area contributed by atoms with Gasteiger partial charge in [0.25, 0.3) is 5.91 Å². The fraction of sp³-hybridized carbons (Fsp3) is 0.521. The summed E-state index contributed by atoms with van der Waals surface area (Å²) in [6.45, 7) is 9.29. The highest BCUT2D eigenvalue weighted by molar-refractivity contribution is 6.04. The number of piperazine rings is 1. The van der Waals surface area contributed by atoms with E-state index in [1.807, 2.05) is 23.3 Å². The van der Waals surface area contributed by atoms with Crippen molar-refractivity contribution in [3.63, 3.8) is 0 Å². The van der Waals surface area contributed by atoms with Gasteiger partial charge in [0.15, 0.2) is 0 Å². The number of benzene rings is 2. The Balaban J connectivity index is 0.000000705. The summed E-state index contributed by atoms with van der Waals surface area (Å²) in [5, 5.41) is 23.6. The van der Waals surface area contributed by atoms with Gasteiger partial charge in [-0.3, -0.25) is 18.9 Å². The largest absolute Gasteiger partial charge is 0.491 e. The van der Waals surface area contributed by atoms with Crippen LogP contribution in [0.5, 0.6) is 5.75 Å². The van der Waals surface area contributed by atoms with Crippen molar-refractivity contribution < 1.29 is 56.7 Å². The molecule has 2 aliphatic carbocycles. The van der Waals surface area contributed by atoms with Crippen LogP contribution in [0, 0.1) is 30.6 Å². The monoisotopic (exact) mass is 922 g/mol. The van der Waals surface area contributed by atoms with Gasteiger partial charge in [0.2, 0.25) is 6.41 Å². The van der Waals surface area contributed by atoms with E-state index in [9.17, 15) is 33.0 Å². The summed E-state index contributed by atoms with van der Waals surface area (Å²) in [7, 11) is 1.99. The predicted octanol–water partition coefficient (Wildman–Crippen LogP) is 4.39. The van der Waals surface area contributed by atoms with Crippen molar-refractivity contribution in [2.24, 2.45) is 11.8 Å². The SMILES string of the molecule is Cc1ccc(C(=O)Nc2ccc(CN3CCN(C)CC3)c(C(F)(F)F)c2)cc1C#Cc1cnc2cc(OCCOCCOCCOCCOCCNC=O)ccn12.OC1C2CC[C@H](C2)C1O. The Morgan fingerprint density at radius 3 is 2.12 bits per heavy atom. The van der Waals surface area contributed by atoms with Gasteiger partial charge in [-0.15, -0.1) is 0 Å². The van der Waals surface area contributed by atoms with Crippen molar-refractivity contribution in [3.05, 3.63) is 94.4 Å². The second kappa shape index (κ2) is 25.1. The van der Waals surface area contributed by atoms with Crippen LogP contribution >= 0.6 is 0 Å². The lowest BCUT2D eigenvalue weighted by Gasteiger charge is -2.33. The number of halogens is 3. The number of carbonyl (C=O) groups is 2. The van der Waals surface area contributed by atoms with E-state index >= 15 is 0 Å². The highest BCUT2D eigenvalue weighted by Gasteiger charge is 2.45. The Hall–Kier alpha value is -5.10. The maximum Gasteiger partial charge on any atom is 0.416 e. The zero-order chi connectivity index (χ0) is 46.9. The van der Waals surface area contributed by atoms with Crippen LogP contribution < -0.4 is 15.4 Å². The van der Waals surface area contributed by atoms with Gasteiger partial charge in [-0.2, -0.15) is 13.2 Å². The predicted molar refractivity (Wildman–Crippen MR) is 240 cm³/mol. The first kappa shape index (κ1) is 50.3. The molecule has 3 aliphatic rings. The van der Waals surface area contributed by atoms with Gasteiger partial charge in [0, 0.05) is 68.3 Å². The van der Waals surface area contributed by atoms with Crippen molar-refractivity contribution in [2.45, 2.75) is 51.1 Å². The number of anilines is 1. The second-order valence-corrected chi connectivity index (χ2v) is 16.6. The molecule has 3 unspecified atom stereocenters. The second-order valence-electron chi connectivity index (χ2n) is 16.6. The number of nitrogens with one attached hydrogen (secondary N) is 2. The van der Waals surface area contributed by atoms with E-state index in [2.05, 4.69) is 32.4 Å². The van der Waals surface area contributed by atoms with Crippen LogP contribution in [0.25, 0.3) is 5.65 Å². The third-order valence-corrected chi connectivity index (χ3v) is 11.9. The minimum absolute atomic E-state index is 0.0638. The number of hydrogen-bond donors (Lipinski definition) is 4. The van der Waals surface area contributed by atoms with Crippen molar-refractivity contribution >= 4 is 23.7 Å². The molecule has 2 bridgehead atoms. The Bertz CT molecular complexity index is 2220. The highest BCUT2D eigenvalue weighted by atomic mass is 19.4. The van der Waals surface area contributed by atoms with Crippen molar-refractivity contribution in [3.8, 4) is 17.6 Å². The number of imidazole rings is 1. The van der Waals surface area contributed by atoms with Crippen molar-refractivity contribution in [1.82, 2.24) is 24.5 Å². The van der Waals surface area contributed by atoms with Gasteiger partial charge in [-0.05, 0) is 92.4 Å². The molecular weight excluding hydrogens is 862 g/mol. The van der Waals surface area contributed by atoms with Crippen LogP contribution in [0.2, 0.25) is 0 Å². The summed E-state index contributed by atoms with van der Waals surface area (Å²) >= 11 is 0. The first-order valence-electron chi connectivity index (χ1n) is 22.4. The maximum absolute atomic E-state index is 14.1. The number of aromatic nitrogens is 2. The molecule has 3 fully saturated rings. The molecule has 18 heteroatoms. The number of carbonyl (C=O) groups excluding carboxylic acids is 2. The number of aliphatic hydroxyl groups is 2. The molecule has 2 saturated carbocycles. The molecule has 7 rings (SSSR count). The van der Waals surface area contributed by atoms with Gasteiger partial charge < -0.3 is 49.4 Å². The summed E-state index contributed by atoms with van der Waals surface area (Å²) in [6.07, 6.45) is 2.02. The van der Waals surface area contributed by atoms with Gasteiger partial charge >= 0.3 is 6.18 Å². The van der Waals surface area contributed by atoms with Crippen LogP contribution in [0.1, 0.15) is 57.6 Å². The van der Waals surface area contributed by atoms with Crippen LogP contribution in [0.3, 0.4) is 0 Å². The number of aryl methyl sites for hydroxylation is 1. The smallest absolute Gasteiger partial charge is 0.416 e. The van der Waals surface area contributed by atoms with Gasteiger partial charge in [0.1, 0.15) is 23.7 Å². The number of likely N-dealkylation sites (N-methyl/N-ethyl adjacent to an activating group) is 1. The molecule has 4 atom stereocenters. The molecule has 4 N–H and O–H groups in total. The summed E-state index contributed by atoms with van der Waals surface area (Å²) in [5.41, 5.74) is 2.43. The van der Waals surface area contributed by atoms with E-state index < -0.39 is 29.9 Å². The van der Waals surface area contributed by atoms with Gasteiger partial charge in [0.05, 0.1) is 76.8 Å². The molecule has 15 nitrogen and oxygen atoms in total. The topological polar surface area (TPSA) is 169 Å². The molecule has 1 aliphatic heterocycles. The van der Waals surface area contributed by atoms with E-state index in [4.69, 9.17) is 23.7 Å². The lowest BCUT2D eigenvalue weighted by Crippen LogP contribution is -2.44. The average Bonchev–Trinajstić information content (AvgIpc) is 4.03. The first-order valence-corrected chi connectivity index (χ1v) is 22.4. The molecule has 2 aromatic heterocycles. The lowest BCUT2D eigenvalue weighted by atomic mass is 9.95. The normalized spacial score (nSPS) is 19.5. The highest BCUT2D eigenvalue weighted by Crippen LogP contribution is 2.44. The molecule has 0 radical (unpaired) electrons. The molecule has 1 saturated heterocycles. The van der Waals surface area contributed by atoms with Crippen molar-refractivity contribution in [2.75, 3.05) is 105 Å². The minimum Gasteiger partial charge on any atom is -0.491 e. The standard InChI is InChI=1S/C41H49F3N6O7.C7H12O2/c1-31-3-4-33(40(52)47-35-7-5-34(38(26-35)41(42,43)44)29-49-14-12-48(2)13-15-49)25-32(31)6-8-36-28-46-39-27-37(9-11-50(36)39)57-24-23-56-22-21-55-20-19-54-18-17-53-16-10-45-30-51;8-6-4-1-2-5(3-4)7(6)9/h3-5,7,9,11,25-28,30H,10,12-24,29H2,1-2H3,(H,45,51)(H,47,52);4-9H,1-3H2/t;4-,5?,6?,7?/m.1/s1. The molecule has 2 amide bonds. The van der Waals surface area contributed by atoms with Gasteiger partial charge in [-0.1, -0.05) is 18.1 Å². The first-order chi connectivity index (χ1) is 31.9. The summed E-state index contributed by atoms with van der Waals surface area (Å²) in [6, 6.07) is 12.6. The number of ether oxygens (including phenoxy) is 5. The summed E-state index contributed by atoms with van der Waals surface area (Å²) in [4.78, 5) is 32.0. The van der Waals surface area contributed by atoms with Crippen LogP contribution in [0.15, 0.2) is 60.9 Å². The number of aliphatic hydroxyl groups excluding tert-OH is 2.